The van der Waals surface area contributed by atoms with Crippen molar-refractivity contribution in [3.8, 4) is 5.75 Å². The summed E-state index contributed by atoms with van der Waals surface area (Å²) >= 11 is 6.24. The third-order valence-electron chi connectivity index (χ3n) is 4.47. The molecule has 6 heteroatoms. The first kappa shape index (κ1) is 17.3. The molecule has 1 fully saturated rings. The van der Waals surface area contributed by atoms with Crippen LogP contribution in [0.2, 0.25) is 5.02 Å². The van der Waals surface area contributed by atoms with Gasteiger partial charge in [0.25, 0.3) is 0 Å². The summed E-state index contributed by atoms with van der Waals surface area (Å²) in [5.74, 6) is 0.735. The van der Waals surface area contributed by atoms with Gasteiger partial charge in [-0.2, -0.15) is 5.10 Å². The fourth-order valence-electron chi connectivity index (χ4n) is 3.22. The van der Waals surface area contributed by atoms with Crippen LogP contribution in [-0.2, 0) is 20.1 Å². The highest BCUT2D eigenvalue weighted by Crippen LogP contribution is 2.25. The number of rotatable bonds is 5. The molecule has 0 amide bonds. The molecule has 0 unspecified atom stereocenters. The molecule has 1 saturated heterocycles. The van der Waals surface area contributed by atoms with Crippen LogP contribution in [0, 0.1) is 0 Å². The minimum atomic E-state index is 0.683. The van der Waals surface area contributed by atoms with E-state index in [9.17, 15) is 0 Å². The van der Waals surface area contributed by atoms with Crippen LogP contribution < -0.4 is 4.74 Å². The second-order valence-electron chi connectivity index (χ2n) is 6.40. The number of aryl methyl sites for hydroxylation is 1. The van der Waals surface area contributed by atoms with Crippen molar-refractivity contribution in [3.05, 3.63) is 46.7 Å². The van der Waals surface area contributed by atoms with Crippen LogP contribution in [0.25, 0.3) is 0 Å². The van der Waals surface area contributed by atoms with E-state index in [1.807, 2.05) is 30.1 Å². The first-order chi connectivity index (χ1) is 11.6. The highest BCUT2D eigenvalue weighted by molar-refractivity contribution is 6.32. The minimum Gasteiger partial charge on any atom is -0.495 e. The quantitative estimate of drug-likeness (QED) is 0.832. The van der Waals surface area contributed by atoms with E-state index in [0.29, 0.717) is 5.02 Å². The lowest BCUT2D eigenvalue weighted by Gasteiger charge is -2.21. The zero-order valence-electron chi connectivity index (χ0n) is 14.4. The number of hydrogen-bond donors (Lipinski definition) is 0. The van der Waals surface area contributed by atoms with Gasteiger partial charge in [0.1, 0.15) is 5.75 Å². The first-order valence-corrected chi connectivity index (χ1v) is 8.76. The zero-order chi connectivity index (χ0) is 16.9. The molecule has 0 saturated carbocycles. The van der Waals surface area contributed by atoms with Gasteiger partial charge in [0, 0.05) is 45.0 Å². The predicted molar refractivity (Wildman–Crippen MR) is 96.4 cm³/mol. The number of methoxy groups -OCH3 is 1. The maximum atomic E-state index is 6.24. The zero-order valence-corrected chi connectivity index (χ0v) is 15.2. The maximum Gasteiger partial charge on any atom is 0.137 e. The molecule has 1 aliphatic rings. The summed E-state index contributed by atoms with van der Waals surface area (Å²) in [5, 5.41) is 4.94. The minimum absolute atomic E-state index is 0.683. The van der Waals surface area contributed by atoms with Crippen LogP contribution in [0.15, 0.2) is 30.6 Å². The van der Waals surface area contributed by atoms with Crippen molar-refractivity contribution in [1.29, 1.82) is 0 Å². The Bertz CT molecular complexity index is 673. The molecular weight excluding hydrogens is 324 g/mol. The lowest BCUT2D eigenvalue weighted by molar-refractivity contribution is 0.247. The molecule has 0 radical (unpaired) electrons. The van der Waals surface area contributed by atoms with E-state index >= 15 is 0 Å². The van der Waals surface area contributed by atoms with E-state index in [0.717, 1.165) is 45.0 Å². The molecule has 1 aromatic carbocycles. The van der Waals surface area contributed by atoms with Gasteiger partial charge in [0.2, 0.25) is 0 Å². The predicted octanol–water partition coefficient (Wildman–Crippen LogP) is 2.79. The largest absolute Gasteiger partial charge is 0.495 e. The summed E-state index contributed by atoms with van der Waals surface area (Å²) in [7, 11) is 3.61. The molecule has 0 bridgehead atoms. The molecule has 24 heavy (non-hydrogen) atoms. The van der Waals surface area contributed by atoms with Gasteiger partial charge in [-0.3, -0.25) is 14.5 Å². The summed E-state index contributed by atoms with van der Waals surface area (Å²) in [5.41, 5.74) is 2.52. The highest BCUT2D eigenvalue weighted by atomic mass is 35.5. The third kappa shape index (κ3) is 4.50. The van der Waals surface area contributed by atoms with Crippen molar-refractivity contribution in [2.45, 2.75) is 19.5 Å². The van der Waals surface area contributed by atoms with Crippen molar-refractivity contribution < 1.29 is 4.74 Å². The molecule has 1 aliphatic heterocycles. The lowest BCUT2D eigenvalue weighted by Crippen LogP contribution is -2.30. The fraction of sp³-hybridized carbons (Fsp3) is 0.500. The van der Waals surface area contributed by atoms with Gasteiger partial charge in [-0.1, -0.05) is 17.7 Å². The van der Waals surface area contributed by atoms with Crippen molar-refractivity contribution in [3.63, 3.8) is 0 Å². The molecule has 0 N–H and O–H groups in total. The molecule has 130 valence electrons. The SMILES string of the molecule is COc1ccc(CN2CCCN(Cc3cnn(C)c3)CC2)cc1Cl. The molecule has 0 spiro atoms. The Balaban J connectivity index is 1.54. The molecule has 1 aromatic heterocycles. The van der Waals surface area contributed by atoms with Gasteiger partial charge in [0.05, 0.1) is 18.3 Å². The Morgan fingerprint density at radius 3 is 2.38 bits per heavy atom. The molecule has 3 rings (SSSR count). The summed E-state index contributed by atoms with van der Waals surface area (Å²) < 4.78 is 7.09. The standard InChI is InChI=1S/C18H25ClN4O/c1-21-12-16(11-20-21)14-23-7-3-6-22(8-9-23)13-15-4-5-18(24-2)17(19)10-15/h4-5,10-12H,3,6-9,13-14H2,1-2H3. The molecule has 5 nitrogen and oxygen atoms in total. The van der Waals surface area contributed by atoms with Gasteiger partial charge in [-0.15, -0.1) is 0 Å². The smallest absolute Gasteiger partial charge is 0.137 e. The van der Waals surface area contributed by atoms with E-state index in [1.165, 1.54) is 17.5 Å². The second kappa shape index (κ2) is 8.01. The Labute approximate surface area is 148 Å². The Hall–Kier alpha value is -1.56. The summed E-state index contributed by atoms with van der Waals surface area (Å²) in [6.07, 6.45) is 5.24. The highest BCUT2D eigenvalue weighted by Gasteiger charge is 2.16. The average molecular weight is 349 g/mol. The number of ether oxygens (including phenoxy) is 1. The lowest BCUT2D eigenvalue weighted by atomic mass is 10.2. The van der Waals surface area contributed by atoms with E-state index in [4.69, 9.17) is 16.3 Å². The molecule has 0 aliphatic carbocycles. The number of nitrogens with zero attached hydrogens (tertiary/aromatic N) is 4. The van der Waals surface area contributed by atoms with Crippen molar-refractivity contribution >= 4 is 11.6 Å². The van der Waals surface area contributed by atoms with Crippen LogP contribution in [0.5, 0.6) is 5.75 Å². The number of aromatic nitrogens is 2. The van der Waals surface area contributed by atoms with Gasteiger partial charge in [-0.25, -0.2) is 0 Å². The van der Waals surface area contributed by atoms with E-state index in [2.05, 4.69) is 27.2 Å². The van der Waals surface area contributed by atoms with Crippen molar-refractivity contribution in [2.24, 2.45) is 7.05 Å². The average Bonchev–Trinajstić information content (AvgIpc) is 2.84. The summed E-state index contributed by atoms with van der Waals surface area (Å²) in [6.45, 7) is 6.32. The Kier molecular flexibility index (Phi) is 5.76. The first-order valence-electron chi connectivity index (χ1n) is 8.38. The van der Waals surface area contributed by atoms with E-state index in [-0.39, 0.29) is 0 Å². The summed E-state index contributed by atoms with van der Waals surface area (Å²) in [4.78, 5) is 5.01. The number of hydrogen-bond acceptors (Lipinski definition) is 4. The normalized spacial score (nSPS) is 17.0. The monoisotopic (exact) mass is 348 g/mol. The third-order valence-corrected chi connectivity index (χ3v) is 4.76. The second-order valence-corrected chi connectivity index (χ2v) is 6.80. The van der Waals surface area contributed by atoms with Crippen molar-refractivity contribution in [2.75, 3.05) is 33.3 Å². The molecule has 2 heterocycles. The van der Waals surface area contributed by atoms with E-state index in [1.54, 1.807) is 7.11 Å². The van der Waals surface area contributed by atoms with Crippen LogP contribution in [0.4, 0.5) is 0 Å². The van der Waals surface area contributed by atoms with Crippen LogP contribution in [0.3, 0.4) is 0 Å². The van der Waals surface area contributed by atoms with Crippen LogP contribution in [-0.4, -0.2) is 52.9 Å². The maximum absolute atomic E-state index is 6.24. The van der Waals surface area contributed by atoms with Gasteiger partial charge >= 0.3 is 0 Å². The Morgan fingerprint density at radius 2 is 1.79 bits per heavy atom. The van der Waals surface area contributed by atoms with Gasteiger partial charge in [-0.05, 0) is 37.2 Å². The fourth-order valence-corrected chi connectivity index (χ4v) is 3.50. The van der Waals surface area contributed by atoms with Crippen molar-refractivity contribution in [1.82, 2.24) is 19.6 Å². The van der Waals surface area contributed by atoms with E-state index < -0.39 is 0 Å². The molecular formula is C18H25ClN4O. The topological polar surface area (TPSA) is 33.5 Å². The van der Waals surface area contributed by atoms with Crippen LogP contribution >= 0.6 is 11.6 Å². The number of benzene rings is 1. The Morgan fingerprint density at radius 1 is 1.08 bits per heavy atom. The number of halogens is 1. The van der Waals surface area contributed by atoms with Gasteiger partial charge in [0.15, 0.2) is 0 Å². The summed E-state index contributed by atoms with van der Waals surface area (Å²) in [6, 6.07) is 6.06. The molecule has 0 atom stereocenters. The van der Waals surface area contributed by atoms with Gasteiger partial charge < -0.3 is 4.74 Å². The molecule has 2 aromatic rings. The van der Waals surface area contributed by atoms with Crippen LogP contribution in [0.1, 0.15) is 17.5 Å².